The molecule has 1 aliphatic carbocycles. The highest BCUT2D eigenvalue weighted by atomic mass is 16.4. The molecule has 1 N–H and O–H groups in total. The van der Waals surface area contributed by atoms with Crippen molar-refractivity contribution in [3.63, 3.8) is 0 Å². The van der Waals surface area contributed by atoms with Crippen molar-refractivity contribution in [2.24, 2.45) is 0 Å². The summed E-state index contributed by atoms with van der Waals surface area (Å²) in [6.07, 6.45) is 2.09. The van der Waals surface area contributed by atoms with E-state index in [9.17, 15) is 4.79 Å². The first-order valence-corrected chi connectivity index (χ1v) is 6.22. The van der Waals surface area contributed by atoms with Crippen LogP contribution in [0.5, 0.6) is 0 Å². The van der Waals surface area contributed by atoms with E-state index in [4.69, 9.17) is 5.11 Å². The molecule has 17 heavy (non-hydrogen) atoms. The number of carboxylic acid groups (broad SMARTS) is 1. The number of hydrogen-bond acceptors (Lipinski definition) is 2. The van der Waals surface area contributed by atoms with Crippen molar-refractivity contribution in [1.82, 2.24) is 4.90 Å². The fourth-order valence-corrected chi connectivity index (χ4v) is 2.58. The van der Waals surface area contributed by atoms with Crippen molar-refractivity contribution < 1.29 is 9.90 Å². The molecule has 0 aliphatic heterocycles. The second-order valence-corrected chi connectivity index (χ2v) is 4.73. The predicted octanol–water partition coefficient (Wildman–Crippen LogP) is 2.12. The van der Waals surface area contributed by atoms with Crippen LogP contribution in [0.4, 0.5) is 0 Å². The van der Waals surface area contributed by atoms with Gasteiger partial charge in [0.25, 0.3) is 0 Å². The Hall–Kier alpha value is -1.35. The topological polar surface area (TPSA) is 40.5 Å². The zero-order valence-electron chi connectivity index (χ0n) is 10.2. The van der Waals surface area contributed by atoms with Gasteiger partial charge in [0, 0.05) is 12.5 Å². The number of carbonyl (C=O) groups is 1. The standard InChI is InChI=1S/C14H19NO2/c1-2-7-15(10-14(16)17)9-12-8-11-5-3-4-6-13(11)12/h3-6,12H,2,7-10H2,1H3,(H,16,17). The lowest BCUT2D eigenvalue weighted by molar-refractivity contribution is -0.138. The maximum absolute atomic E-state index is 10.8. The molecule has 1 aromatic rings. The monoisotopic (exact) mass is 233 g/mol. The van der Waals surface area contributed by atoms with E-state index in [2.05, 4.69) is 31.2 Å². The Morgan fingerprint density at radius 3 is 2.88 bits per heavy atom. The molecule has 0 saturated carbocycles. The Labute approximate surface area is 102 Å². The van der Waals surface area contributed by atoms with Gasteiger partial charge in [-0.2, -0.15) is 0 Å². The summed E-state index contributed by atoms with van der Waals surface area (Å²) >= 11 is 0. The van der Waals surface area contributed by atoms with E-state index in [0.717, 1.165) is 25.9 Å². The van der Waals surface area contributed by atoms with Crippen LogP contribution in [0.15, 0.2) is 24.3 Å². The number of fused-ring (bicyclic) bond motifs is 1. The van der Waals surface area contributed by atoms with Crippen molar-refractivity contribution >= 4 is 5.97 Å². The molecule has 0 radical (unpaired) electrons. The zero-order chi connectivity index (χ0) is 12.3. The van der Waals surface area contributed by atoms with Crippen LogP contribution in [0.3, 0.4) is 0 Å². The third-order valence-corrected chi connectivity index (χ3v) is 3.34. The molecular formula is C14H19NO2. The lowest BCUT2D eigenvalue weighted by Crippen LogP contribution is -2.37. The average molecular weight is 233 g/mol. The minimum absolute atomic E-state index is 0.159. The summed E-state index contributed by atoms with van der Waals surface area (Å²) in [5.41, 5.74) is 2.82. The summed E-state index contributed by atoms with van der Waals surface area (Å²) in [6.45, 7) is 3.98. The van der Waals surface area contributed by atoms with Crippen LogP contribution >= 0.6 is 0 Å². The number of aliphatic carboxylic acids is 1. The second kappa shape index (κ2) is 5.32. The van der Waals surface area contributed by atoms with Gasteiger partial charge in [-0.1, -0.05) is 31.2 Å². The number of nitrogens with zero attached hydrogens (tertiary/aromatic N) is 1. The van der Waals surface area contributed by atoms with E-state index < -0.39 is 5.97 Å². The highest BCUT2D eigenvalue weighted by molar-refractivity contribution is 5.69. The zero-order valence-corrected chi connectivity index (χ0v) is 10.2. The summed E-state index contributed by atoms with van der Waals surface area (Å²) in [5.74, 6) is -0.205. The largest absolute Gasteiger partial charge is 0.480 e. The SMILES string of the molecule is CCCN(CC(=O)O)CC1Cc2ccccc21. The Morgan fingerprint density at radius 1 is 1.47 bits per heavy atom. The normalized spacial score (nSPS) is 17.6. The fraction of sp³-hybridized carbons (Fsp3) is 0.500. The Balaban J connectivity index is 1.94. The van der Waals surface area contributed by atoms with Crippen LogP contribution in [0.25, 0.3) is 0 Å². The quantitative estimate of drug-likeness (QED) is 0.818. The van der Waals surface area contributed by atoms with E-state index in [-0.39, 0.29) is 6.54 Å². The van der Waals surface area contributed by atoms with E-state index in [1.807, 2.05) is 4.90 Å². The lowest BCUT2D eigenvalue weighted by atomic mass is 9.77. The van der Waals surface area contributed by atoms with Gasteiger partial charge in [0.05, 0.1) is 6.54 Å². The molecule has 3 heteroatoms. The van der Waals surface area contributed by atoms with Crippen LogP contribution in [-0.4, -0.2) is 35.6 Å². The Bertz CT molecular complexity index is 403. The second-order valence-electron chi connectivity index (χ2n) is 4.73. The molecule has 1 atom stereocenters. The summed E-state index contributed by atoms with van der Waals surface area (Å²) in [4.78, 5) is 12.8. The molecule has 0 fully saturated rings. The molecule has 2 rings (SSSR count). The Kier molecular flexibility index (Phi) is 3.79. The van der Waals surface area contributed by atoms with Gasteiger partial charge >= 0.3 is 5.97 Å². The van der Waals surface area contributed by atoms with Crippen molar-refractivity contribution in [2.45, 2.75) is 25.7 Å². The minimum atomic E-state index is -0.731. The van der Waals surface area contributed by atoms with E-state index in [0.29, 0.717) is 5.92 Å². The first-order chi connectivity index (χ1) is 8.20. The molecule has 0 amide bonds. The van der Waals surface area contributed by atoms with Gasteiger partial charge in [0.15, 0.2) is 0 Å². The van der Waals surface area contributed by atoms with Gasteiger partial charge in [-0.25, -0.2) is 0 Å². The van der Waals surface area contributed by atoms with Crippen molar-refractivity contribution in [2.75, 3.05) is 19.6 Å². The molecule has 0 aromatic heterocycles. The highest BCUT2D eigenvalue weighted by Crippen LogP contribution is 2.35. The van der Waals surface area contributed by atoms with Crippen LogP contribution in [0.2, 0.25) is 0 Å². The number of rotatable bonds is 6. The van der Waals surface area contributed by atoms with E-state index >= 15 is 0 Å². The molecular weight excluding hydrogens is 214 g/mol. The van der Waals surface area contributed by atoms with Gasteiger partial charge in [-0.05, 0) is 30.5 Å². The van der Waals surface area contributed by atoms with Gasteiger partial charge in [0.2, 0.25) is 0 Å². The van der Waals surface area contributed by atoms with Crippen molar-refractivity contribution in [3.8, 4) is 0 Å². The minimum Gasteiger partial charge on any atom is -0.480 e. The third-order valence-electron chi connectivity index (χ3n) is 3.34. The smallest absolute Gasteiger partial charge is 0.317 e. The van der Waals surface area contributed by atoms with Crippen LogP contribution in [0.1, 0.15) is 30.4 Å². The number of benzene rings is 1. The van der Waals surface area contributed by atoms with Gasteiger partial charge in [-0.15, -0.1) is 0 Å². The number of carboxylic acids is 1. The molecule has 1 aromatic carbocycles. The first kappa shape index (κ1) is 12.1. The van der Waals surface area contributed by atoms with E-state index in [1.165, 1.54) is 11.1 Å². The highest BCUT2D eigenvalue weighted by Gasteiger charge is 2.27. The molecule has 0 heterocycles. The third kappa shape index (κ3) is 2.86. The van der Waals surface area contributed by atoms with Crippen LogP contribution < -0.4 is 0 Å². The van der Waals surface area contributed by atoms with Gasteiger partial charge < -0.3 is 5.11 Å². The van der Waals surface area contributed by atoms with Crippen molar-refractivity contribution in [3.05, 3.63) is 35.4 Å². The van der Waals surface area contributed by atoms with Gasteiger partial charge in [0.1, 0.15) is 0 Å². The molecule has 3 nitrogen and oxygen atoms in total. The maximum Gasteiger partial charge on any atom is 0.317 e. The maximum atomic E-state index is 10.8. The Morgan fingerprint density at radius 2 is 2.24 bits per heavy atom. The summed E-state index contributed by atoms with van der Waals surface area (Å²) in [7, 11) is 0. The predicted molar refractivity (Wildman–Crippen MR) is 67.3 cm³/mol. The molecule has 0 bridgehead atoms. The molecule has 1 unspecified atom stereocenters. The molecule has 1 aliphatic rings. The molecule has 0 spiro atoms. The molecule has 0 saturated heterocycles. The summed E-state index contributed by atoms with van der Waals surface area (Å²) in [5, 5.41) is 8.87. The average Bonchev–Trinajstić information content (AvgIpc) is 2.25. The van der Waals surface area contributed by atoms with Crippen LogP contribution in [-0.2, 0) is 11.2 Å². The first-order valence-electron chi connectivity index (χ1n) is 6.22. The van der Waals surface area contributed by atoms with Crippen LogP contribution in [0, 0.1) is 0 Å². The summed E-state index contributed by atoms with van der Waals surface area (Å²) in [6, 6.07) is 8.45. The van der Waals surface area contributed by atoms with E-state index in [1.54, 1.807) is 0 Å². The fourth-order valence-electron chi connectivity index (χ4n) is 2.58. The number of hydrogen-bond donors (Lipinski definition) is 1. The molecule has 92 valence electrons. The lowest BCUT2D eigenvalue weighted by Gasteiger charge is -2.34. The van der Waals surface area contributed by atoms with Crippen molar-refractivity contribution in [1.29, 1.82) is 0 Å². The summed E-state index contributed by atoms with van der Waals surface area (Å²) < 4.78 is 0. The van der Waals surface area contributed by atoms with Gasteiger partial charge in [-0.3, -0.25) is 9.69 Å².